The van der Waals surface area contributed by atoms with Crippen molar-refractivity contribution >= 4 is 5.91 Å². The Labute approximate surface area is 89.7 Å². The zero-order chi connectivity index (χ0) is 11.1. The monoisotopic (exact) mass is 210 g/mol. The predicted molar refractivity (Wildman–Crippen MR) is 58.1 cm³/mol. The number of hydrogen-bond donors (Lipinski definition) is 2. The smallest absolute Gasteiger partial charge is 0.224 e. The first-order chi connectivity index (χ1) is 7.27. The molecule has 0 saturated heterocycles. The zero-order valence-electron chi connectivity index (χ0n) is 9.02. The van der Waals surface area contributed by atoms with Crippen LogP contribution in [0.15, 0.2) is 18.7 Å². The van der Waals surface area contributed by atoms with E-state index in [1.807, 2.05) is 17.7 Å². The molecule has 1 heterocycles. The SMILES string of the molecule is CCC(CN)C(=O)NCCn1ccnc1. The molecule has 1 aromatic rings. The molecule has 5 heteroatoms. The summed E-state index contributed by atoms with van der Waals surface area (Å²) >= 11 is 0. The molecule has 84 valence electrons. The first kappa shape index (κ1) is 11.7. The molecule has 0 bridgehead atoms. The summed E-state index contributed by atoms with van der Waals surface area (Å²) in [6.07, 6.45) is 6.10. The molecule has 1 unspecified atom stereocenters. The van der Waals surface area contributed by atoms with Gasteiger partial charge in [-0.2, -0.15) is 0 Å². The Bertz CT molecular complexity index is 280. The molecular weight excluding hydrogens is 192 g/mol. The Morgan fingerprint density at radius 1 is 1.67 bits per heavy atom. The largest absolute Gasteiger partial charge is 0.354 e. The molecule has 1 rings (SSSR count). The van der Waals surface area contributed by atoms with Gasteiger partial charge in [-0.3, -0.25) is 4.79 Å². The van der Waals surface area contributed by atoms with E-state index in [-0.39, 0.29) is 11.8 Å². The molecule has 0 aliphatic heterocycles. The molecule has 1 amide bonds. The van der Waals surface area contributed by atoms with Crippen LogP contribution < -0.4 is 11.1 Å². The molecule has 1 aromatic heterocycles. The maximum atomic E-state index is 11.5. The van der Waals surface area contributed by atoms with Crippen molar-refractivity contribution in [2.45, 2.75) is 19.9 Å². The quantitative estimate of drug-likeness (QED) is 0.693. The molecule has 0 aliphatic carbocycles. The Kier molecular flexibility index (Phi) is 4.83. The number of amides is 1. The third kappa shape index (κ3) is 3.71. The Morgan fingerprint density at radius 2 is 2.47 bits per heavy atom. The van der Waals surface area contributed by atoms with Crippen molar-refractivity contribution < 1.29 is 4.79 Å². The molecule has 0 fully saturated rings. The minimum absolute atomic E-state index is 0.0418. The lowest BCUT2D eigenvalue weighted by molar-refractivity contribution is -0.124. The van der Waals surface area contributed by atoms with Gasteiger partial charge in [0.1, 0.15) is 0 Å². The standard InChI is InChI=1S/C10H18N4O/c1-2-9(7-11)10(15)13-4-6-14-5-3-12-8-14/h3,5,8-9H,2,4,6-7,11H2,1H3,(H,13,15). The Balaban J connectivity index is 2.22. The van der Waals surface area contributed by atoms with Crippen molar-refractivity contribution in [1.82, 2.24) is 14.9 Å². The number of nitrogens with one attached hydrogen (secondary N) is 1. The van der Waals surface area contributed by atoms with Gasteiger partial charge in [0.25, 0.3) is 0 Å². The van der Waals surface area contributed by atoms with Gasteiger partial charge < -0.3 is 15.6 Å². The lowest BCUT2D eigenvalue weighted by Crippen LogP contribution is -2.36. The van der Waals surface area contributed by atoms with Crippen LogP contribution >= 0.6 is 0 Å². The highest BCUT2D eigenvalue weighted by atomic mass is 16.1. The van der Waals surface area contributed by atoms with Gasteiger partial charge in [0.05, 0.1) is 6.33 Å². The summed E-state index contributed by atoms with van der Waals surface area (Å²) in [5.41, 5.74) is 5.47. The van der Waals surface area contributed by atoms with Crippen LogP contribution in [0.1, 0.15) is 13.3 Å². The van der Waals surface area contributed by atoms with Gasteiger partial charge in [-0.25, -0.2) is 4.98 Å². The first-order valence-electron chi connectivity index (χ1n) is 5.21. The molecule has 5 nitrogen and oxygen atoms in total. The van der Waals surface area contributed by atoms with Crippen molar-refractivity contribution in [2.75, 3.05) is 13.1 Å². The van der Waals surface area contributed by atoms with Crippen molar-refractivity contribution in [3.05, 3.63) is 18.7 Å². The average molecular weight is 210 g/mol. The third-order valence-electron chi connectivity index (χ3n) is 2.38. The van der Waals surface area contributed by atoms with Crippen molar-refractivity contribution in [2.24, 2.45) is 11.7 Å². The van der Waals surface area contributed by atoms with E-state index in [0.717, 1.165) is 13.0 Å². The summed E-state index contributed by atoms with van der Waals surface area (Å²) in [4.78, 5) is 15.4. The lowest BCUT2D eigenvalue weighted by Gasteiger charge is -2.12. The summed E-state index contributed by atoms with van der Waals surface area (Å²) < 4.78 is 1.92. The van der Waals surface area contributed by atoms with Gasteiger partial charge >= 0.3 is 0 Å². The van der Waals surface area contributed by atoms with Crippen molar-refractivity contribution in [3.63, 3.8) is 0 Å². The minimum Gasteiger partial charge on any atom is -0.354 e. The van der Waals surface area contributed by atoms with Crippen LogP contribution in [0.2, 0.25) is 0 Å². The average Bonchev–Trinajstić information content (AvgIpc) is 2.72. The van der Waals surface area contributed by atoms with Crippen LogP contribution in [0.4, 0.5) is 0 Å². The van der Waals surface area contributed by atoms with E-state index < -0.39 is 0 Å². The van der Waals surface area contributed by atoms with E-state index >= 15 is 0 Å². The van der Waals surface area contributed by atoms with Gasteiger partial charge in [0.15, 0.2) is 0 Å². The molecule has 0 aromatic carbocycles. The minimum atomic E-state index is -0.0622. The second kappa shape index (κ2) is 6.19. The highest BCUT2D eigenvalue weighted by molar-refractivity contribution is 5.78. The molecule has 15 heavy (non-hydrogen) atoms. The maximum absolute atomic E-state index is 11.5. The summed E-state index contributed by atoms with van der Waals surface area (Å²) in [6.45, 7) is 3.73. The Hall–Kier alpha value is -1.36. The van der Waals surface area contributed by atoms with Crippen LogP contribution in [0, 0.1) is 5.92 Å². The fraction of sp³-hybridized carbons (Fsp3) is 0.600. The summed E-state index contributed by atoms with van der Waals surface area (Å²) in [5, 5.41) is 2.86. The van der Waals surface area contributed by atoms with E-state index in [0.29, 0.717) is 13.1 Å². The van der Waals surface area contributed by atoms with Gasteiger partial charge in [-0.05, 0) is 6.42 Å². The molecule has 0 saturated carbocycles. The van der Waals surface area contributed by atoms with Crippen LogP contribution in [-0.4, -0.2) is 28.5 Å². The highest BCUT2D eigenvalue weighted by Crippen LogP contribution is 1.98. The molecule has 0 spiro atoms. The van der Waals surface area contributed by atoms with Crippen LogP contribution in [0.25, 0.3) is 0 Å². The van der Waals surface area contributed by atoms with E-state index in [9.17, 15) is 4.79 Å². The van der Waals surface area contributed by atoms with Gasteiger partial charge in [-0.1, -0.05) is 6.92 Å². The summed E-state index contributed by atoms with van der Waals surface area (Å²) in [6, 6.07) is 0. The number of aromatic nitrogens is 2. The van der Waals surface area contributed by atoms with E-state index in [2.05, 4.69) is 10.3 Å². The number of imidazole rings is 1. The summed E-state index contributed by atoms with van der Waals surface area (Å²) in [5.74, 6) is -0.0205. The predicted octanol–water partition coefficient (Wildman–Crippen LogP) is -0.0158. The number of hydrogen-bond acceptors (Lipinski definition) is 3. The van der Waals surface area contributed by atoms with Crippen LogP contribution in [0.3, 0.4) is 0 Å². The van der Waals surface area contributed by atoms with Crippen molar-refractivity contribution in [1.29, 1.82) is 0 Å². The maximum Gasteiger partial charge on any atom is 0.224 e. The number of rotatable bonds is 6. The van der Waals surface area contributed by atoms with Crippen LogP contribution in [-0.2, 0) is 11.3 Å². The van der Waals surface area contributed by atoms with Gasteiger partial charge in [0, 0.05) is 37.9 Å². The molecule has 0 aliphatic rings. The number of carbonyl (C=O) groups excluding carboxylic acids is 1. The second-order valence-corrected chi connectivity index (χ2v) is 3.43. The fourth-order valence-electron chi connectivity index (χ4n) is 1.33. The zero-order valence-corrected chi connectivity index (χ0v) is 9.02. The van der Waals surface area contributed by atoms with E-state index in [4.69, 9.17) is 5.73 Å². The number of nitrogens with zero attached hydrogens (tertiary/aromatic N) is 2. The molecular formula is C10H18N4O. The lowest BCUT2D eigenvalue weighted by atomic mass is 10.1. The third-order valence-corrected chi connectivity index (χ3v) is 2.38. The van der Waals surface area contributed by atoms with Crippen LogP contribution in [0.5, 0.6) is 0 Å². The topological polar surface area (TPSA) is 72.9 Å². The molecule has 1 atom stereocenters. The number of carbonyl (C=O) groups is 1. The normalized spacial score (nSPS) is 12.4. The highest BCUT2D eigenvalue weighted by Gasteiger charge is 2.12. The molecule has 3 N–H and O–H groups in total. The fourth-order valence-corrected chi connectivity index (χ4v) is 1.33. The van der Waals surface area contributed by atoms with Gasteiger partial charge in [0.2, 0.25) is 5.91 Å². The van der Waals surface area contributed by atoms with E-state index in [1.54, 1.807) is 12.5 Å². The Morgan fingerprint density at radius 3 is 3.00 bits per heavy atom. The van der Waals surface area contributed by atoms with Crippen molar-refractivity contribution in [3.8, 4) is 0 Å². The second-order valence-electron chi connectivity index (χ2n) is 3.43. The molecule has 0 radical (unpaired) electrons. The summed E-state index contributed by atoms with van der Waals surface area (Å²) in [7, 11) is 0. The number of nitrogens with two attached hydrogens (primary N) is 1. The first-order valence-corrected chi connectivity index (χ1v) is 5.21. The van der Waals surface area contributed by atoms with E-state index in [1.165, 1.54) is 0 Å². The van der Waals surface area contributed by atoms with Gasteiger partial charge in [-0.15, -0.1) is 0 Å².